The van der Waals surface area contributed by atoms with Crippen molar-refractivity contribution in [3.8, 4) is 17.0 Å². The summed E-state index contributed by atoms with van der Waals surface area (Å²) in [6, 6.07) is 5.45. The molecule has 9 heteroatoms. The number of nitrogens with zero attached hydrogens (tertiary/aromatic N) is 3. The average Bonchev–Trinajstić information content (AvgIpc) is 2.85. The molecule has 2 aromatic heterocycles. The van der Waals surface area contributed by atoms with Gasteiger partial charge in [-0.2, -0.15) is 0 Å². The number of anilines is 1. The molecule has 1 aliphatic rings. The molecule has 0 aliphatic carbocycles. The summed E-state index contributed by atoms with van der Waals surface area (Å²) in [5, 5.41) is 0. The largest absolute Gasteiger partial charge is 0.494 e. The van der Waals surface area contributed by atoms with E-state index < -0.39 is 40.8 Å². The lowest BCUT2D eigenvalue weighted by Crippen LogP contribution is -2.44. The predicted molar refractivity (Wildman–Crippen MR) is 120 cm³/mol. The number of rotatable bonds is 5. The van der Waals surface area contributed by atoms with Gasteiger partial charge >= 0.3 is 0 Å². The standard InChI is InChI=1S/C25H24F3N3O3/c1-14-15(2)23(30-24(21(14)27)20-17(26)9-10-18(33-3)22(20)28)25(32)31(16-7-6-11-29-13-16)19-8-4-5-12-34-19/h6-7,9-11,13,19H,4-5,8,12H2,1-3H3. The molecule has 3 aromatic rings. The number of halogens is 3. The molecule has 1 aliphatic heterocycles. The van der Waals surface area contributed by atoms with E-state index in [4.69, 9.17) is 9.47 Å². The van der Waals surface area contributed by atoms with Gasteiger partial charge in [-0.25, -0.2) is 18.2 Å². The minimum Gasteiger partial charge on any atom is -0.494 e. The van der Waals surface area contributed by atoms with Gasteiger partial charge in [0.15, 0.2) is 17.4 Å². The van der Waals surface area contributed by atoms with E-state index in [1.807, 2.05) is 0 Å². The fraction of sp³-hybridized carbons (Fsp3) is 0.320. The Morgan fingerprint density at radius 3 is 2.56 bits per heavy atom. The normalized spacial score (nSPS) is 15.8. The molecule has 1 atom stereocenters. The minimum atomic E-state index is -1.10. The molecule has 1 saturated heterocycles. The molecular formula is C25H24F3N3O3. The number of methoxy groups -OCH3 is 1. The van der Waals surface area contributed by atoms with Gasteiger partial charge in [-0.1, -0.05) is 0 Å². The first-order valence-electron chi connectivity index (χ1n) is 10.9. The number of ether oxygens (including phenoxy) is 2. The molecule has 34 heavy (non-hydrogen) atoms. The van der Waals surface area contributed by atoms with E-state index in [2.05, 4.69) is 9.97 Å². The van der Waals surface area contributed by atoms with Crippen molar-refractivity contribution in [2.24, 2.45) is 0 Å². The minimum absolute atomic E-state index is 0.0608. The van der Waals surface area contributed by atoms with Crippen molar-refractivity contribution >= 4 is 11.6 Å². The van der Waals surface area contributed by atoms with Crippen molar-refractivity contribution in [2.45, 2.75) is 39.3 Å². The van der Waals surface area contributed by atoms with Crippen molar-refractivity contribution in [3.05, 3.63) is 70.9 Å². The summed E-state index contributed by atoms with van der Waals surface area (Å²) < 4.78 is 55.7. The quantitative estimate of drug-likeness (QED) is 0.501. The third kappa shape index (κ3) is 4.23. The maximum Gasteiger partial charge on any atom is 0.279 e. The fourth-order valence-corrected chi connectivity index (χ4v) is 4.00. The smallest absolute Gasteiger partial charge is 0.279 e. The molecule has 1 unspecified atom stereocenters. The first kappa shape index (κ1) is 23.7. The summed E-state index contributed by atoms with van der Waals surface area (Å²) in [7, 11) is 1.22. The third-order valence-corrected chi connectivity index (χ3v) is 5.98. The summed E-state index contributed by atoms with van der Waals surface area (Å²) in [4.78, 5) is 23.5. The van der Waals surface area contributed by atoms with E-state index in [9.17, 15) is 13.6 Å². The molecule has 0 radical (unpaired) electrons. The number of carbonyl (C=O) groups is 1. The van der Waals surface area contributed by atoms with Crippen LogP contribution in [0.4, 0.5) is 18.9 Å². The van der Waals surface area contributed by atoms with E-state index in [1.54, 1.807) is 25.3 Å². The van der Waals surface area contributed by atoms with Crippen LogP contribution < -0.4 is 9.64 Å². The van der Waals surface area contributed by atoms with Crippen LogP contribution in [0, 0.1) is 31.3 Å². The highest BCUT2D eigenvalue weighted by molar-refractivity contribution is 6.06. The van der Waals surface area contributed by atoms with E-state index in [-0.39, 0.29) is 22.6 Å². The zero-order chi connectivity index (χ0) is 24.4. The summed E-state index contributed by atoms with van der Waals surface area (Å²) in [6.07, 6.45) is 4.83. The van der Waals surface area contributed by atoms with E-state index in [1.165, 1.54) is 25.1 Å². The van der Waals surface area contributed by atoms with Crippen LogP contribution in [0.3, 0.4) is 0 Å². The number of benzene rings is 1. The van der Waals surface area contributed by atoms with Crippen LogP contribution in [0.5, 0.6) is 5.75 Å². The fourth-order valence-electron chi connectivity index (χ4n) is 4.00. The van der Waals surface area contributed by atoms with Gasteiger partial charge in [0.1, 0.15) is 23.4 Å². The molecule has 3 heterocycles. The summed E-state index contributed by atoms with van der Waals surface area (Å²) >= 11 is 0. The zero-order valence-electron chi connectivity index (χ0n) is 19.1. The average molecular weight is 471 g/mol. The molecule has 0 saturated carbocycles. The van der Waals surface area contributed by atoms with Crippen LogP contribution in [0.15, 0.2) is 36.7 Å². The van der Waals surface area contributed by atoms with Gasteiger partial charge in [0.05, 0.1) is 24.6 Å². The number of hydrogen-bond donors (Lipinski definition) is 0. The Morgan fingerprint density at radius 2 is 1.91 bits per heavy atom. The predicted octanol–water partition coefficient (Wildman–Crippen LogP) is 5.36. The Kier molecular flexibility index (Phi) is 6.83. The molecule has 6 nitrogen and oxygen atoms in total. The van der Waals surface area contributed by atoms with Crippen molar-refractivity contribution in [1.29, 1.82) is 0 Å². The van der Waals surface area contributed by atoms with Gasteiger partial charge in [0.2, 0.25) is 0 Å². The van der Waals surface area contributed by atoms with Crippen molar-refractivity contribution < 1.29 is 27.4 Å². The Morgan fingerprint density at radius 1 is 1.12 bits per heavy atom. The Balaban J connectivity index is 1.89. The third-order valence-electron chi connectivity index (χ3n) is 5.98. The van der Waals surface area contributed by atoms with Crippen LogP contribution >= 0.6 is 0 Å². The van der Waals surface area contributed by atoms with Crippen molar-refractivity contribution in [1.82, 2.24) is 9.97 Å². The van der Waals surface area contributed by atoms with E-state index in [0.29, 0.717) is 18.7 Å². The van der Waals surface area contributed by atoms with Crippen LogP contribution in [-0.4, -0.2) is 35.8 Å². The van der Waals surface area contributed by atoms with Gasteiger partial charge < -0.3 is 9.47 Å². The van der Waals surface area contributed by atoms with Crippen LogP contribution in [0.25, 0.3) is 11.3 Å². The second-order valence-corrected chi connectivity index (χ2v) is 8.02. The second-order valence-electron chi connectivity index (χ2n) is 8.02. The first-order valence-corrected chi connectivity index (χ1v) is 10.9. The maximum atomic E-state index is 15.3. The highest BCUT2D eigenvalue weighted by atomic mass is 19.1. The number of hydrogen-bond acceptors (Lipinski definition) is 5. The molecule has 1 fully saturated rings. The monoisotopic (exact) mass is 471 g/mol. The highest BCUT2D eigenvalue weighted by Crippen LogP contribution is 2.35. The van der Waals surface area contributed by atoms with Crippen molar-refractivity contribution in [2.75, 3.05) is 18.6 Å². The van der Waals surface area contributed by atoms with Crippen LogP contribution in [0.2, 0.25) is 0 Å². The van der Waals surface area contributed by atoms with Gasteiger partial charge in [-0.3, -0.25) is 14.7 Å². The lowest BCUT2D eigenvalue weighted by Gasteiger charge is -2.34. The van der Waals surface area contributed by atoms with Crippen LogP contribution in [-0.2, 0) is 4.74 Å². The topological polar surface area (TPSA) is 64.5 Å². The number of aromatic nitrogens is 2. The highest BCUT2D eigenvalue weighted by Gasteiger charge is 2.33. The molecule has 1 aromatic carbocycles. The second kappa shape index (κ2) is 9.80. The van der Waals surface area contributed by atoms with E-state index >= 15 is 4.39 Å². The number of amides is 1. The SMILES string of the molecule is COc1ccc(F)c(-c2nc(C(=O)N(c3cccnc3)C3CCCCO3)c(C)c(C)c2F)c1F. The first-order chi connectivity index (χ1) is 16.3. The summed E-state index contributed by atoms with van der Waals surface area (Å²) in [5.74, 6) is -3.88. The zero-order valence-corrected chi connectivity index (χ0v) is 19.1. The number of carbonyl (C=O) groups excluding carboxylic acids is 1. The summed E-state index contributed by atoms with van der Waals surface area (Å²) in [6.45, 7) is 3.47. The lowest BCUT2D eigenvalue weighted by atomic mass is 10.0. The number of pyridine rings is 2. The molecular weight excluding hydrogens is 447 g/mol. The van der Waals surface area contributed by atoms with Gasteiger partial charge in [-0.05, 0) is 68.5 Å². The lowest BCUT2D eigenvalue weighted by molar-refractivity contribution is 0.0143. The molecule has 1 amide bonds. The maximum absolute atomic E-state index is 15.3. The molecule has 0 N–H and O–H groups in total. The Bertz CT molecular complexity index is 1220. The Labute approximate surface area is 195 Å². The Hall–Kier alpha value is -3.46. The summed E-state index contributed by atoms with van der Waals surface area (Å²) in [5.41, 5.74) is -0.631. The molecule has 0 bridgehead atoms. The van der Waals surface area contributed by atoms with Gasteiger partial charge in [-0.15, -0.1) is 0 Å². The molecule has 178 valence electrons. The van der Waals surface area contributed by atoms with Gasteiger partial charge in [0.25, 0.3) is 5.91 Å². The van der Waals surface area contributed by atoms with Crippen LogP contribution in [0.1, 0.15) is 40.9 Å². The van der Waals surface area contributed by atoms with Crippen molar-refractivity contribution in [3.63, 3.8) is 0 Å². The molecule has 0 spiro atoms. The van der Waals surface area contributed by atoms with E-state index in [0.717, 1.165) is 25.0 Å². The van der Waals surface area contributed by atoms with Gasteiger partial charge in [0, 0.05) is 12.8 Å². The molecule has 4 rings (SSSR count).